The molecule has 10 heteroatoms. The lowest BCUT2D eigenvalue weighted by Crippen LogP contribution is -2.45. The van der Waals surface area contributed by atoms with Gasteiger partial charge < -0.3 is 5.32 Å². The monoisotopic (exact) mass is 432 g/mol. The van der Waals surface area contributed by atoms with Gasteiger partial charge in [-0.15, -0.1) is 11.3 Å². The maximum Gasteiger partial charge on any atom is 0.416 e. The van der Waals surface area contributed by atoms with E-state index >= 15 is 0 Å². The fourth-order valence-corrected chi connectivity index (χ4v) is 6.03. The van der Waals surface area contributed by atoms with Crippen molar-refractivity contribution in [2.75, 3.05) is 11.9 Å². The maximum absolute atomic E-state index is 12.8. The van der Waals surface area contributed by atoms with Crippen LogP contribution in [0.5, 0.6) is 0 Å². The first-order valence-corrected chi connectivity index (χ1v) is 11.0. The van der Waals surface area contributed by atoms with Crippen LogP contribution >= 0.6 is 11.3 Å². The number of rotatable bonds is 5. The average Bonchev–Trinajstić information content (AvgIpc) is 3.17. The molecule has 1 aromatic heterocycles. The zero-order valence-electron chi connectivity index (χ0n) is 14.8. The largest absolute Gasteiger partial charge is 0.416 e. The summed E-state index contributed by atoms with van der Waals surface area (Å²) in [5.41, 5.74) is -0.826. The van der Waals surface area contributed by atoms with Crippen molar-refractivity contribution in [3.8, 4) is 0 Å². The van der Waals surface area contributed by atoms with E-state index in [2.05, 4.69) is 5.32 Å². The van der Waals surface area contributed by atoms with Gasteiger partial charge in [-0.3, -0.25) is 4.79 Å². The smallest absolute Gasteiger partial charge is 0.326 e. The van der Waals surface area contributed by atoms with E-state index in [0.29, 0.717) is 19.4 Å². The molecule has 0 unspecified atom stereocenters. The minimum atomic E-state index is -4.50. The number of carbonyl (C=O) groups excluding carboxylic acids is 1. The number of thiophene rings is 1. The number of alkyl halides is 3. The van der Waals surface area contributed by atoms with Gasteiger partial charge in [0.05, 0.1) is 5.56 Å². The Labute approximate surface area is 165 Å². The molecular weight excluding hydrogens is 413 g/mol. The quantitative estimate of drug-likeness (QED) is 0.764. The van der Waals surface area contributed by atoms with Crippen LogP contribution in [-0.2, 0) is 21.0 Å². The highest BCUT2D eigenvalue weighted by Crippen LogP contribution is 2.32. The first-order chi connectivity index (χ1) is 13.2. The molecule has 5 nitrogen and oxygen atoms in total. The Hall–Kier alpha value is -1.91. The second kappa shape index (κ2) is 8.22. The van der Waals surface area contributed by atoms with E-state index in [-0.39, 0.29) is 16.3 Å². The lowest BCUT2D eigenvalue weighted by molar-refractivity contribution is -0.137. The highest BCUT2D eigenvalue weighted by atomic mass is 32.2. The van der Waals surface area contributed by atoms with Crippen molar-refractivity contribution in [2.45, 2.75) is 42.1 Å². The third kappa shape index (κ3) is 4.73. The minimum Gasteiger partial charge on any atom is -0.326 e. The van der Waals surface area contributed by atoms with Crippen molar-refractivity contribution in [3.63, 3.8) is 0 Å². The number of hydrogen-bond acceptors (Lipinski definition) is 4. The fourth-order valence-electron chi connectivity index (χ4n) is 3.22. The molecule has 0 aliphatic carbocycles. The molecule has 0 radical (unpaired) electrons. The van der Waals surface area contributed by atoms with Gasteiger partial charge in [-0.05, 0) is 42.5 Å². The van der Waals surface area contributed by atoms with Gasteiger partial charge >= 0.3 is 6.18 Å². The van der Waals surface area contributed by atoms with Gasteiger partial charge in [-0.1, -0.05) is 18.6 Å². The van der Waals surface area contributed by atoms with E-state index in [1.165, 1.54) is 22.5 Å². The number of amides is 1. The van der Waals surface area contributed by atoms with E-state index in [0.717, 1.165) is 29.9 Å². The Bertz CT molecular complexity index is 928. The normalized spacial score (nSPS) is 18.8. The molecule has 0 saturated carbocycles. The lowest BCUT2D eigenvalue weighted by Gasteiger charge is -2.34. The minimum absolute atomic E-state index is 0.0308. The van der Waals surface area contributed by atoms with E-state index < -0.39 is 33.7 Å². The molecule has 0 bridgehead atoms. The summed E-state index contributed by atoms with van der Waals surface area (Å²) in [6.07, 6.45) is -2.59. The molecule has 1 amide bonds. The van der Waals surface area contributed by atoms with Crippen molar-refractivity contribution < 1.29 is 26.4 Å². The summed E-state index contributed by atoms with van der Waals surface area (Å²) >= 11 is 1.11. The Balaban J connectivity index is 1.72. The molecule has 1 aliphatic heterocycles. The summed E-state index contributed by atoms with van der Waals surface area (Å²) in [6, 6.07) is 7.02. The van der Waals surface area contributed by atoms with E-state index in [1.807, 2.05) is 0 Å². The van der Waals surface area contributed by atoms with Gasteiger partial charge in [0.25, 0.3) is 10.0 Å². The van der Waals surface area contributed by atoms with Crippen molar-refractivity contribution in [1.82, 2.24) is 4.31 Å². The van der Waals surface area contributed by atoms with Crippen LogP contribution in [0.4, 0.5) is 18.9 Å². The highest BCUT2D eigenvalue weighted by Gasteiger charge is 2.35. The molecule has 0 spiro atoms. The maximum atomic E-state index is 12.8. The Morgan fingerprint density at radius 1 is 1.21 bits per heavy atom. The van der Waals surface area contributed by atoms with Crippen molar-refractivity contribution in [2.24, 2.45) is 0 Å². The number of halogens is 3. The molecule has 1 aliphatic rings. The van der Waals surface area contributed by atoms with Gasteiger partial charge in [-0.2, -0.15) is 17.5 Å². The van der Waals surface area contributed by atoms with Crippen LogP contribution < -0.4 is 5.32 Å². The Morgan fingerprint density at radius 2 is 2.00 bits per heavy atom. The van der Waals surface area contributed by atoms with Crippen LogP contribution in [-0.4, -0.2) is 31.2 Å². The molecule has 1 N–H and O–H groups in total. The van der Waals surface area contributed by atoms with Gasteiger partial charge in [-0.25, -0.2) is 8.42 Å². The van der Waals surface area contributed by atoms with Crippen LogP contribution in [0.2, 0.25) is 0 Å². The summed E-state index contributed by atoms with van der Waals surface area (Å²) in [6.45, 7) is 0.321. The number of piperidine rings is 1. The number of benzene rings is 1. The van der Waals surface area contributed by atoms with Crippen molar-refractivity contribution in [3.05, 3.63) is 47.3 Å². The Kier molecular flexibility index (Phi) is 6.11. The van der Waals surface area contributed by atoms with Crippen LogP contribution in [0, 0.1) is 0 Å². The van der Waals surface area contributed by atoms with Crippen LogP contribution in [0.3, 0.4) is 0 Å². The molecule has 3 rings (SSSR count). The van der Waals surface area contributed by atoms with Crippen LogP contribution in [0.1, 0.15) is 31.2 Å². The first-order valence-electron chi connectivity index (χ1n) is 8.70. The predicted octanol–water partition coefficient (Wildman–Crippen LogP) is 4.34. The number of nitrogens with zero attached hydrogens (tertiary/aromatic N) is 1. The summed E-state index contributed by atoms with van der Waals surface area (Å²) < 4.78 is 65.7. The fraction of sp³-hybridized carbons (Fsp3) is 0.389. The molecule has 2 aromatic rings. The standard InChI is InChI=1S/C18H19F3N2O3S2/c19-18(20,21)13-5-3-6-14(11-13)22-16(24)12-15-7-1-2-9-23(15)28(25,26)17-8-4-10-27-17/h3-6,8,10-11,15H,1-2,7,9,12H2,(H,22,24)/t15-/m1/s1. The van der Waals surface area contributed by atoms with E-state index in [9.17, 15) is 26.4 Å². The predicted molar refractivity (Wildman–Crippen MR) is 101 cm³/mol. The number of hydrogen-bond donors (Lipinski definition) is 1. The molecule has 1 atom stereocenters. The van der Waals surface area contributed by atoms with Gasteiger partial charge in [0.1, 0.15) is 4.21 Å². The zero-order valence-corrected chi connectivity index (χ0v) is 16.4. The second-order valence-electron chi connectivity index (χ2n) is 6.53. The molecule has 28 heavy (non-hydrogen) atoms. The number of nitrogens with one attached hydrogen (secondary N) is 1. The molecule has 1 aromatic carbocycles. The summed E-state index contributed by atoms with van der Waals surface area (Å²) in [5.74, 6) is -0.516. The molecular formula is C18H19F3N2O3S2. The highest BCUT2D eigenvalue weighted by molar-refractivity contribution is 7.91. The zero-order chi connectivity index (χ0) is 20.4. The van der Waals surface area contributed by atoms with Gasteiger partial charge in [0, 0.05) is 24.7 Å². The van der Waals surface area contributed by atoms with Crippen molar-refractivity contribution >= 4 is 33.0 Å². The third-order valence-electron chi connectivity index (χ3n) is 4.53. The first kappa shape index (κ1) is 20.8. The molecule has 1 fully saturated rings. The summed E-state index contributed by atoms with van der Waals surface area (Å²) in [4.78, 5) is 12.4. The number of carbonyl (C=O) groups is 1. The average molecular weight is 432 g/mol. The third-order valence-corrected chi connectivity index (χ3v) is 7.85. The molecule has 2 heterocycles. The lowest BCUT2D eigenvalue weighted by atomic mass is 10.0. The topological polar surface area (TPSA) is 66.5 Å². The Morgan fingerprint density at radius 3 is 2.68 bits per heavy atom. The van der Waals surface area contributed by atoms with E-state index in [4.69, 9.17) is 0 Å². The summed E-state index contributed by atoms with van der Waals surface area (Å²) in [5, 5.41) is 4.12. The van der Waals surface area contributed by atoms with Crippen LogP contribution in [0.15, 0.2) is 46.0 Å². The van der Waals surface area contributed by atoms with Crippen molar-refractivity contribution in [1.29, 1.82) is 0 Å². The van der Waals surface area contributed by atoms with E-state index in [1.54, 1.807) is 11.4 Å². The second-order valence-corrected chi connectivity index (χ2v) is 9.59. The summed E-state index contributed by atoms with van der Waals surface area (Å²) in [7, 11) is -3.69. The SMILES string of the molecule is O=C(C[C@H]1CCCCN1S(=O)(=O)c1cccs1)Nc1cccc(C(F)(F)F)c1. The molecule has 1 saturated heterocycles. The van der Waals surface area contributed by atoms with Gasteiger partial charge in [0.2, 0.25) is 5.91 Å². The molecule has 152 valence electrons. The van der Waals surface area contributed by atoms with Crippen LogP contribution in [0.25, 0.3) is 0 Å². The van der Waals surface area contributed by atoms with Gasteiger partial charge in [0.15, 0.2) is 0 Å². The number of sulfonamides is 1. The number of anilines is 1.